The molecule has 0 saturated heterocycles. The zero-order chi connectivity index (χ0) is 15.0. The lowest BCUT2D eigenvalue weighted by Crippen LogP contribution is -2.22. The van der Waals surface area contributed by atoms with Crippen LogP contribution in [0.3, 0.4) is 0 Å². The van der Waals surface area contributed by atoms with Crippen LogP contribution in [0.15, 0.2) is 53.3 Å². The van der Waals surface area contributed by atoms with Crippen LogP contribution in [0.4, 0.5) is 0 Å². The molecule has 0 bridgehead atoms. The molecule has 2 aromatic carbocycles. The topological polar surface area (TPSA) is 39.8 Å². The highest BCUT2D eigenvalue weighted by molar-refractivity contribution is 5.55. The fourth-order valence-corrected chi connectivity index (χ4v) is 2.38. The van der Waals surface area contributed by atoms with E-state index in [1.54, 1.807) is 11.6 Å². The Kier molecular flexibility index (Phi) is 3.22. The molecule has 0 aliphatic heterocycles. The van der Waals surface area contributed by atoms with Crippen molar-refractivity contribution in [2.45, 2.75) is 13.8 Å². The number of nitrogens with zero attached hydrogens (tertiary/aromatic N) is 3. The minimum absolute atomic E-state index is 0.137. The molecule has 0 radical (unpaired) electrons. The Morgan fingerprint density at radius 3 is 2.43 bits per heavy atom. The molecule has 3 rings (SSSR count). The number of hydrogen-bond donors (Lipinski definition) is 0. The second-order valence-electron chi connectivity index (χ2n) is 5.23. The van der Waals surface area contributed by atoms with Crippen LogP contribution in [0.25, 0.3) is 17.1 Å². The van der Waals surface area contributed by atoms with Crippen LogP contribution in [0, 0.1) is 13.8 Å². The van der Waals surface area contributed by atoms with Gasteiger partial charge in [-0.3, -0.25) is 4.57 Å². The third kappa shape index (κ3) is 2.29. The smallest absolute Gasteiger partial charge is 0.278 e. The zero-order valence-electron chi connectivity index (χ0n) is 12.4. The van der Waals surface area contributed by atoms with Crippen molar-refractivity contribution >= 4 is 0 Å². The molecule has 0 atom stereocenters. The van der Waals surface area contributed by atoms with Crippen LogP contribution in [0.5, 0.6) is 0 Å². The van der Waals surface area contributed by atoms with Crippen LogP contribution < -0.4 is 5.69 Å². The lowest BCUT2D eigenvalue weighted by molar-refractivity contribution is 0.794. The van der Waals surface area contributed by atoms with E-state index in [1.165, 1.54) is 4.68 Å². The van der Waals surface area contributed by atoms with Crippen LogP contribution >= 0.6 is 0 Å². The van der Waals surface area contributed by atoms with Gasteiger partial charge in [0.05, 0.1) is 5.69 Å². The first-order valence-corrected chi connectivity index (χ1v) is 6.87. The normalized spacial score (nSPS) is 10.8. The van der Waals surface area contributed by atoms with Gasteiger partial charge in [0.25, 0.3) is 0 Å². The summed E-state index contributed by atoms with van der Waals surface area (Å²) in [4.78, 5) is 12.5. The summed E-state index contributed by atoms with van der Waals surface area (Å²) in [7, 11) is 1.75. The highest BCUT2D eigenvalue weighted by Crippen LogP contribution is 2.18. The van der Waals surface area contributed by atoms with Gasteiger partial charge in [0.1, 0.15) is 0 Å². The van der Waals surface area contributed by atoms with E-state index in [0.29, 0.717) is 5.82 Å². The van der Waals surface area contributed by atoms with Gasteiger partial charge in [0.2, 0.25) is 0 Å². The van der Waals surface area contributed by atoms with E-state index in [-0.39, 0.29) is 5.69 Å². The van der Waals surface area contributed by atoms with E-state index >= 15 is 0 Å². The molecule has 3 aromatic rings. The van der Waals surface area contributed by atoms with Crippen LogP contribution in [-0.4, -0.2) is 14.3 Å². The van der Waals surface area contributed by atoms with Crippen LogP contribution in [0.2, 0.25) is 0 Å². The van der Waals surface area contributed by atoms with E-state index in [0.717, 1.165) is 22.4 Å². The van der Waals surface area contributed by atoms with Gasteiger partial charge < -0.3 is 0 Å². The Morgan fingerprint density at radius 2 is 1.71 bits per heavy atom. The summed E-state index contributed by atoms with van der Waals surface area (Å²) in [5.41, 5.74) is 3.76. The molecule has 4 heteroatoms. The molecule has 0 unspecified atom stereocenters. The summed E-state index contributed by atoms with van der Waals surface area (Å²) >= 11 is 0. The van der Waals surface area contributed by atoms with Crippen molar-refractivity contribution in [3.05, 3.63) is 70.1 Å². The third-order valence-corrected chi connectivity index (χ3v) is 3.61. The molecule has 0 N–H and O–H groups in total. The number of rotatable bonds is 2. The second kappa shape index (κ2) is 5.05. The van der Waals surface area contributed by atoms with Crippen molar-refractivity contribution in [3.63, 3.8) is 0 Å². The zero-order valence-corrected chi connectivity index (χ0v) is 12.4. The molecule has 21 heavy (non-hydrogen) atoms. The molecule has 0 fully saturated rings. The monoisotopic (exact) mass is 279 g/mol. The predicted molar refractivity (Wildman–Crippen MR) is 83.7 cm³/mol. The largest absolute Gasteiger partial charge is 0.350 e. The molecular weight excluding hydrogens is 262 g/mol. The molecule has 0 aliphatic rings. The maximum Gasteiger partial charge on any atom is 0.350 e. The first-order valence-electron chi connectivity index (χ1n) is 6.87. The molecule has 1 heterocycles. The lowest BCUT2D eigenvalue weighted by atomic mass is 10.1. The van der Waals surface area contributed by atoms with Crippen molar-refractivity contribution < 1.29 is 0 Å². The Hall–Kier alpha value is -2.62. The van der Waals surface area contributed by atoms with Gasteiger partial charge in [0.15, 0.2) is 5.82 Å². The predicted octanol–water partition coefficient (Wildman–Crippen LogP) is 2.85. The van der Waals surface area contributed by atoms with E-state index in [4.69, 9.17) is 0 Å². The van der Waals surface area contributed by atoms with Crippen molar-refractivity contribution in [1.82, 2.24) is 14.3 Å². The SMILES string of the molecule is Cc1ccc(C)c(-n2nc(-c3ccccc3)n(C)c2=O)c1. The minimum Gasteiger partial charge on any atom is -0.278 e. The van der Waals surface area contributed by atoms with E-state index < -0.39 is 0 Å². The van der Waals surface area contributed by atoms with Gasteiger partial charge in [-0.1, -0.05) is 42.5 Å². The second-order valence-corrected chi connectivity index (χ2v) is 5.23. The summed E-state index contributed by atoms with van der Waals surface area (Å²) in [6, 6.07) is 15.8. The third-order valence-electron chi connectivity index (χ3n) is 3.61. The average molecular weight is 279 g/mol. The van der Waals surface area contributed by atoms with Gasteiger partial charge in [-0.25, -0.2) is 4.79 Å². The van der Waals surface area contributed by atoms with Gasteiger partial charge in [-0.2, -0.15) is 4.68 Å². The van der Waals surface area contributed by atoms with Crippen molar-refractivity contribution in [1.29, 1.82) is 0 Å². The summed E-state index contributed by atoms with van der Waals surface area (Å²) in [6.45, 7) is 3.99. The van der Waals surface area contributed by atoms with E-state index in [2.05, 4.69) is 5.10 Å². The van der Waals surface area contributed by atoms with E-state index in [1.807, 2.05) is 62.4 Å². The Balaban J connectivity index is 2.22. The highest BCUT2D eigenvalue weighted by atomic mass is 16.2. The summed E-state index contributed by atoms with van der Waals surface area (Å²) in [5, 5.41) is 4.52. The summed E-state index contributed by atoms with van der Waals surface area (Å²) < 4.78 is 3.06. The van der Waals surface area contributed by atoms with Crippen LogP contribution in [-0.2, 0) is 7.05 Å². The van der Waals surface area contributed by atoms with Crippen molar-refractivity contribution in [2.24, 2.45) is 7.05 Å². The first-order chi connectivity index (χ1) is 10.1. The molecule has 0 spiro atoms. The molecule has 0 aliphatic carbocycles. The van der Waals surface area contributed by atoms with E-state index in [9.17, 15) is 4.79 Å². The molecular formula is C17H17N3O. The first kappa shape index (κ1) is 13.4. The van der Waals surface area contributed by atoms with Gasteiger partial charge >= 0.3 is 5.69 Å². The molecule has 0 amide bonds. The standard InChI is InChI=1S/C17H17N3O/c1-12-9-10-13(2)15(11-12)20-17(21)19(3)16(18-20)14-7-5-4-6-8-14/h4-11H,1-3H3. The number of hydrogen-bond acceptors (Lipinski definition) is 2. The van der Waals surface area contributed by atoms with Gasteiger partial charge in [-0.05, 0) is 31.0 Å². The van der Waals surface area contributed by atoms with Gasteiger partial charge in [-0.15, -0.1) is 5.10 Å². The molecule has 1 aromatic heterocycles. The van der Waals surface area contributed by atoms with Gasteiger partial charge in [0, 0.05) is 12.6 Å². The Bertz CT molecular complexity index is 844. The molecule has 4 nitrogen and oxygen atoms in total. The van der Waals surface area contributed by atoms with Crippen LogP contribution in [0.1, 0.15) is 11.1 Å². The van der Waals surface area contributed by atoms with Crippen molar-refractivity contribution in [3.8, 4) is 17.1 Å². The fraction of sp³-hybridized carbons (Fsp3) is 0.176. The Labute approximate surface area is 123 Å². The molecule has 0 saturated carbocycles. The number of aryl methyl sites for hydroxylation is 2. The summed E-state index contributed by atoms with van der Waals surface area (Å²) in [6.07, 6.45) is 0. The maximum atomic E-state index is 12.5. The minimum atomic E-state index is -0.137. The maximum absolute atomic E-state index is 12.5. The summed E-state index contributed by atoms with van der Waals surface area (Å²) in [5.74, 6) is 0.668. The fourth-order valence-electron chi connectivity index (χ4n) is 2.38. The number of aromatic nitrogens is 3. The van der Waals surface area contributed by atoms with Crippen molar-refractivity contribution in [2.75, 3.05) is 0 Å². The lowest BCUT2D eigenvalue weighted by Gasteiger charge is -2.05. The average Bonchev–Trinajstić information content (AvgIpc) is 2.79. The quantitative estimate of drug-likeness (QED) is 0.723. The number of benzene rings is 2. The Morgan fingerprint density at radius 1 is 1.00 bits per heavy atom. The highest BCUT2D eigenvalue weighted by Gasteiger charge is 2.14. The molecule has 106 valence electrons.